The molecule has 0 aliphatic heterocycles. The van der Waals surface area contributed by atoms with Crippen molar-refractivity contribution in [1.29, 1.82) is 0 Å². The predicted octanol–water partition coefficient (Wildman–Crippen LogP) is 20.8. The zero-order valence-electron chi connectivity index (χ0n) is 45.5. The van der Waals surface area contributed by atoms with Gasteiger partial charge in [0.05, 0.1) is 47.1 Å². The molecular weight excluding hydrogens is 945 g/mol. The first-order valence-electron chi connectivity index (χ1n) is 28.6. The van der Waals surface area contributed by atoms with Crippen LogP contribution >= 0.6 is 0 Å². The number of rotatable bonds is 37. The van der Waals surface area contributed by atoms with Crippen LogP contribution in [0.25, 0.3) is 11.1 Å². The summed E-state index contributed by atoms with van der Waals surface area (Å²) in [6, 6.07) is 43.3. The lowest BCUT2D eigenvalue weighted by molar-refractivity contribution is 0.0725. The van der Waals surface area contributed by atoms with Gasteiger partial charge in [-0.2, -0.15) is 20.5 Å². The average Bonchev–Trinajstić information content (AvgIpc) is 3.45. The minimum Gasteiger partial charge on any atom is -0.494 e. The molecule has 0 N–H and O–H groups in total. The van der Waals surface area contributed by atoms with Crippen molar-refractivity contribution in [3.05, 3.63) is 157 Å². The SMILES string of the molecule is CCCCCCCCCCCCCCOc1ccc(N=Nc2ccc(C(=O)Oc3ccc(-c4cccc(OC(=O)c5ccc(N=Nc6ccc(OCCCCCCCCCCCCCC)cc6)cc5)c4)cc3)cc2)cc1. The fraction of sp³-hybridized carbons (Fsp3) is 0.424. The lowest BCUT2D eigenvalue weighted by Crippen LogP contribution is -2.08. The van der Waals surface area contributed by atoms with Crippen molar-refractivity contribution in [2.75, 3.05) is 13.2 Å². The molecule has 6 aromatic carbocycles. The summed E-state index contributed by atoms with van der Waals surface area (Å²) in [5, 5.41) is 17.4. The first-order valence-corrected chi connectivity index (χ1v) is 28.6. The van der Waals surface area contributed by atoms with E-state index in [0.717, 1.165) is 42.1 Å². The number of esters is 2. The van der Waals surface area contributed by atoms with Crippen LogP contribution in [0.2, 0.25) is 0 Å². The summed E-state index contributed by atoms with van der Waals surface area (Å²) >= 11 is 0. The number of benzene rings is 6. The number of hydrogen-bond donors (Lipinski definition) is 0. The van der Waals surface area contributed by atoms with Crippen LogP contribution in [0.3, 0.4) is 0 Å². The normalized spacial score (nSPS) is 11.3. The van der Waals surface area contributed by atoms with Gasteiger partial charge in [0.25, 0.3) is 0 Å². The van der Waals surface area contributed by atoms with E-state index in [2.05, 4.69) is 34.3 Å². The van der Waals surface area contributed by atoms with Gasteiger partial charge in [-0.25, -0.2) is 9.59 Å². The lowest BCUT2D eigenvalue weighted by Gasteiger charge is -2.09. The summed E-state index contributed by atoms with van der Waals surface area (Å²) in [6.45, 7) is 5.97. The quantitative estimate of drug-likeness (QED) is 0.0166. The highest BCUT2D eigenvalue weighted by Gasteiger charge is 2.12. The molecule has 0 aliphatic rings. The smallest absolute Gasteiger partial charge is 0.343 e. The Labute approximate surface area is 453 Å². The fourth-order valence-corrected chi connectivity index (χ4v) is 8.83. The van der Waals surface area contributed by atoms with Gasteiger partial charge in [-0.3, -0.25) is 0 Å². The molecule has 10 nitrogen and oxygen atoms in total. The summed E-state index contributed by atoms with van der Waals surface area (Å²) in [6.07, 6.45) is 31.7. The van der Waals surface area contributed by atoms with E-state index in [1.807, 2.05) is 72.8 Å². The molecule has 0 saturated heterocycles. The Morgan fingerprint density at radius 3 is 1.00 bits per heavy atom. The summed E-state index contributed by atoms with van der Waals surface area (Å²) in [4.78, 5) is 26.1. The van der Waals surface area contributed by atoms with Gasteiger partial charge in [0.1, 0.15) is 23.0 Å². The molecule has 0 fully saturated rings. The Kier molecular flexibility index (Phi) is 27.1. The number of carbonyl (C=O) groups excluding carboxylic acids is 2. The Balaban J connectivity index is 0.848. The Morgan fingerprint density at radius 2 is 0.632 bits per heavy atom. The highest BCUT2D eigenvalue weighted by atomic mass is 16.5. The van der Waals surface area contributed by atoms with Crippen molar-refractivity contribution in [3.8, 4) is 34.1 Å². The molecular formula is C66H82N4O6. The molecule has 6 aromatic rings. The summed E-state index contributed by atoms with van der Waals surface area (Å²) < 4.78 is 23.3. The molecule has 76 heavy (non-hydrogen) atoms. The number of unbranched alkanes of at least 4 members (excludes halogenated alkanes) is 22. The Morgan fingerprint density at radius 1 is 0.316 bits per heavy atom. The van der Waals surface area contributed by atoms with E-state index in [9.17, 15) is 9.59 Å². The van der Waals surface area contributed by atoms with Crippen molar-refractivity contribution in [2.45, 2.75) is 168 Å². The van der Waals surface area contributed by atoms with Crippen LogP contribution in [0, 0.1) is 0 Å². The molecule has 0 saturated carbocycles. The highest BCUT2D eigenvalue weighted by molar-refractivity contribution is 5.92. The first kappa shape index (κ1) is 58.3. The maximum Gasteiger partial charge on any atom is 0.343 e. The second-order valence-corrected chi connectivity index (χ2v) is 19.8. The summed E-state index contributed by atoms with van der Waals surface area (Å²) in [7, 11) is 0. The van der Waals surface area contributed by atoms with Crippen molar-refractivity contribution < 1.29 is 28.5 Å². The number of hydrogen-bond acceptors (Lipinski definition) is 10. The second-order valence-electron chi connectivity index (χ2n) is 19.8. The van der Waals surface area contributed by atoms with Crippen LogP contribution in [-0.2, 0) is 0 Å². The largest absolute Gasteiger partial charge is 0.494 e. The fourth-order valence-electron chi connectivity index (χ4n) is 8.83. The molecule has 0 unspecified atom stereocenters. The zero-order chi connectivity index (χ0) is 53.1. The molecule has 10 heteroatoms. The van der Waals surface area contributed by atoms with Crippen LogP contribution in [-0.4, -0.2) is 25.2 Å². The van der Waals surface area contributed by atoms with E-state index in [1.165, 1.54) is 141 Å². The van der Waals surface area contributed by atoms with Crippen LogP contribution in [0.4, 0.5) is 22.7 Å². The third-order valence-corrected chi connectivity index (χ3v) is 13.4. The summed E-state index contributed by atoms with van der Waals surface area (Å²) in [5.41, 5.74) is 5.10. The van der Waals surface area contributed by atoms with Crippen LogP contribution in [0.15, 0.2) is 166 Å². The first-order chi connectivity index (χ1) is 37.4. The van der Waals surface area contributed by atoms with E-state index in [-0.39, 0.29) is 0 Å². The van der Waals surface area contributed by atoms with Crippen LogP contribution < -0.4 is 18.9 Å². The number of nitrogens with zero attached hydrogens (tertiary/aromatic N) is 4. The van der Waals surface area contributed by atoms with E-state index in [4.69, 9.17) is 18.9 Å². The lowest BCUT2D eigenvalue weighted by atomic mass is 10.1. The average molecular weight is 1030 g/mol. The maximum atomic E-state index is 13.1. The molecule has 0 atom stereocenters. The number of ether oxygens (including phenoxy) is 4. The van der Waals surface area contributed by atoms with Gasteiger partial charge in [-0.1, -0.05) is 179 Å². The van der Waals surface area contributed by atoms with Gasteiger partial charge in [0, 0.05) is 0 Å². The molecule has 0 radical (unpaired) electrons. The molecule has 0 amide bonds. The summed E-state index contributed by atoms with van der Waals surface area (Å²) in [5.74, 6) is 1.47. The maximum absolute atomic E-state index is 13.1. The van der Waals surface area contributed by atoms with E-state index >= 15 is 0 Å². The van der Waals surface area contributed by atoms with Gasteiger partial charge >= 0.3 is 11.9 Å². The van der Waals surface area contributed by atoms with Crippen molar-refractivity contribution in [1.82, 2.24) is 0 Å². The Hall–Kier alpha value is -6.94. The monoisotopic (exact) mass is 1030 g/mol. The zero-order valence-corrected chi connectivity index (χ0v) is 45.5. The standard InChI is InChI=1S/C66H82N4O6/c1-3-5-7-9-11-13-15-17-19-21-23-25-50-73-61-46-40-59(41-47-61)69-67-57-36-30-54(31-37-57)65(71)75-63-44-34-53(35-45-63)56-28-27-29-64(52-56)76-66(72)55-32-38-58(39-33-55)68-70-60-42-48-62(49-43-60)74-51-26-24-22-20-18-16-14-12-10-8-6-4-2/h27-49,52H,3-26,50-51H2,1-2H3. The van der Waals surface area contributed by atoms with Gasteiger partial charge in [-0.05, 0) is 145 Å². The topological polar surface area (TPSA) is 121 Å². The Bertz CT molecular complexity index is 2600. The van der Waals surface area contributed by atoms with Gasteiger partial charge in [0.15, 0.2) is 0 Å². The van der Waals surface area contributed by atoms with Crippen LogP contribution in [0.5, 0.6) is 23.0 Å². The molecule has 0 heterocycles. The third-order valence-electron chi connectivity index (χ3n) is 13.4. The number of carbonyl (C=O) groups is 2. The number of azo groups is 2. The molecule has 6 rings (SSSR count). The predicted molar refractivity (Wildman–Crippen MR) is 309 cm³/mol. The molecule has 0 aliphatic carbocycles. The van der Waals surface area contributed by atoms with Crippen molar-refractivity contribution in [2.24, 2.45) is 20.5 Å². The molecule has 0 spiro atoms. The molecule has 0 aromatic heterocycles. The second kappa shape index (κ2) is 35.3. The minimum atomic E-state index is -0.492. The molecule has 0 bridgehead atoms. The van der Waals surface area contributed by atoms with E-state index < -0.39 is 11.9 Å². The van der Waals surface area contributed by atoms with Gasteiger partial charge in [0.2, 0.25) is 0 Å². The third kappa shape index (κ3) is 22.9. The highest BCUT2D eigenvalue weighted by Crippen LogP contribution is 2.29. The minimum absolute atomic E-state index is 0.385. The van der Waals surface area contributed by atoms with E-state index in [0.29, 0.717) is 52.0 Å². The molecule has 402 valence electrons. The van der Waals surface area contributed by atoms with Crippen LogP contribution in [0.1, 0.15) is 189 Å². The van der Waals surface area contributed by atoms with Crippen molar-refractivity contribution >= 4 is 34.7 Å². The van der Waals surface area contributed by atoms with Gasteiger partial charge in [-0.15, -0.1) is 0 Å². The van der Waals surface area contributed by atoms with Crippen molar-refractivity contribution in [3.63, 3.8) is 0 Å². The van der Waals surface area contributed by atoms with Gasteiger partial charge < -0.3 is 18.9 Å². The van der Waals surface area contributed by atoms with E-state index in [1.54, 1.807) is 72.8 Å².